The molecule has 5 heteroatoms. The Kier molecular flexibility index (Phi) is 6.56. The fourth-order valence-electron chi connectivity index (χ4n) is 1.57. The van der Waals surface area contributed by atoms with Gasteiger partial charge in [-0.1, -0.05) is 26.0 Å². The number of amides is 2. The normalized spacial score (nSPS) is 10.2. The van der Waals surface area contributed by atoms with Gasteiger partial charge in [0.1, 0.15) is 12.2 Å². The van der Waals surface area contributed by atoms with Crippen molar-refractivity contribution in [1.82, 2.24) is 5.32 Å². The second-order valence-electron chi connectivity index (χ2n) is 4.85. The molecule has 0 radical (unpaired) electrons. The van der Waals surface area contributed by atoms with E-state index in [0.717, 1.165) is 0 Å². The molecule has 0 spiro atoms. The number of para-hydroxylation sites is 2. The lowest BCUT2D eigenvalue weighted by molar-refractivity contribution is -0.126. The van der Waals surface area contributed by atoms with Crippen LogP contribution in [-0.2, 0) is 9.59 Å². The average Bonchev–Trinajstić information content (AvgIpc) is 2.39. The lowest BCUT2D eigenvalue weighted by Crippen LogP contribution is -2.30. The fraction of sp³-hybridized carbons (Fsp3) is 0.467. The second kappa shape index (κ2) is 8.19. The topological polar surface area (TPSA) is 67.4 Å². The third-order valence-electron chi connectivity index (χ3n) is 2.49. The summed E-state index contributed by atoms with van der Waals surface area (Å²) in [4.78, 5) is 23.4. The van der Waals surface area contributed by atoms with Gasteiger partial charge >= 0.3 is 0 Å². The molecular formula is C15H22N2O3. The molecule has 1 rings (SSSR count). The summed E-state index contributed by atoms with van der Waals surface area (Å²) in [6.45, 7) is 6.96. The van der Waals surface area contributed by atoms with Crippen LogP contribution in [0.4, 0.5) is 5.69 Å². The number of rotatable bonds is 7. The molecule has 0 fully saturated rings. The monoisotopic (exact) mass is 278 g/mol. The smallest absolute Gasteiger partial charge is 0.233 e. The van der Waals surface area contributed by atoms with Crippen LogP contribution >= 0.6 is 0 Å². The van der Waals surface area contributed by atoms with Crippen molar-refractivity contribution in [3.05, 3.63) is 24.3 Å². The molecule has 1 aromatic carbocycles. The number of hydrogen-bond acceptors (Lipinski definition) is 3. The summed E-state index contributed by atoms with van der Waals surface area (Å²) in [5, 5.41) is 5.40. The first kappa shape index (κ1) is 16.0. The minimum absolute atomic E-state index is 0.187. The molecule has 110 valence electrons. The average molecular weight is 278 g/mol. The van der Waals surface area contributed by atoms with Crippen LogP contribution in [0.5, 0.6) is 5.75 Å². The molecule has 0 aliphatic rings. The number of carbonyl (C=O) groups is 2. The van der Waals surface area contributed by atoms with Gasteiger partial charge in [0.05, 0.1) is 12.3 Å². The van der Waals surface area contributed by atoms with Crippen molar-refractivity contribution in [1.29, 1.82) is 0 Å². The standard InChI is InChI=1S/C15H22N2O3/c1-4-20-13-8-6-5-7-12(13)17-15(19)9-14(18)16-10-11(2)3/h5-8,11H,4,9-10H2,1-3H3,(H,16,18)(H,17,19). The van der Waals surface area contributed by atoms with E-state index in [2.05, 4.69) is 10.6 Å². The highest BCUT2D eigenvalue weighted by molar-refractivity contribution is 6.04. The molecule has 20 heavy (non-hydrogen) atoms. The highest BCUT2D eigenvalue weighted by Crippen LogP contribution is 2.23. The minimum Gasteiger partial charge on any atom is -0.492 e. The summed E-state index contributed by atoms with van der Waals surface area (Å²) >= 11 is 0. The zero-order valence-electron chi connectivity index (χ0n) is 12.2. The van der Waals surface area contributed by atoms with Crippen molar-refractivity contribution in [2.24, 2.45) is 5.92 Å². The molecule has 0 aliphatic heterocycles. The summed E-state index contributed by atoms with van der Waals surface area (Å²) in [5.41, 5.74) is 0.580. The van der Waals surface area contributed by atoms with Gasteiger partial charge in [-0.2, -0.15) is 0 Å². The van der Waals surface area contributed by atoms with Gasteiger partial charge in [-0.15, -0.1) is 0 Å². The fourth-order valence-corrected chi connectivity index (χ4v) is 1.57. The SMILES string of the molecule is CCOc1ccccc1NC(=O)CC(=O)NCC(C)C. The summed E-state index contributed by atoms with van der Waals surface area (Å²) in [5.74, 6) is 0.343. The molecule has 5 nitrogen and oxygen atoms in total. The molecular weight excluding hydrogens is 256 g/mol. The Morgan fingerprint density at radius 3 is 2.55 bits per heavy atom. The van der Waals surface area contributed by atoms with E-state index in [9.17, 15) is 9.59 Å². The van der Waals surface area contributed by atoms with Crippen molar-refractivity contribution in [2.45, 2.75) is 27.2 Å². The van der Waals surface area contributed by atoms with E-state index in [1.54, 1.807) is 18.2 Å². The molecule has 0 saturated carbocycles. The number of hydrogen-bond donors (Lipinski definition) is 2. The van der Waals surface area contributed by atoms with E-state index in [-0.39, 0.29) is 18.2 Å². The van der Waals surface area contributed by atoms with Crippen LogP contribution in [0.25, 0.3) is 0 Å². The first-order valence-corrected chi connectivity index (χ1v) is 6.81. The Morgan fingerprint density at radius 2 is 1.90 bits per heavy atom. The van der Waals surface area contributed by atoms with E-state index >= 15 is 0 Å². The van der Waals surface area contributed by atoms with Gasteiger partial charge in [0, 0.05) is 6.54 Å². The molecule has 2 amide bonds. The molecule has 0 aromatic heterocycles. The maximum Gasteiger partial charge on any atom is 0.233 e. The molecule has 0 heterocycles. The van der Waals surface area contributed by atoms with Crippen LogP contribution in [0.15, 0.2) is 24.3 Å². The number of ether oxygens (including phenoxy) is 1. The molecule has 2 N–H and O–H groups in total. The Bertz CT molecular complexity index is 458. The van der Waals surface area contributed by atoms with Crippen molar-refractivity contribution in [3.8, 4) is 5.75 Å². The van der Waals surface area contributed by atoms with Crippen molar-refractivity contribution in [2.75, 3.05) is 18.5 Å². The number of nitrogens with one attached hydrogen (secondary N) is 2. The van der Waals surface area contributed by atoms with Crippen LogP contribution in [0.2, 0.25) is 0 Å². The van der Waals surface area contributed by atoms with E-state index in [1.165, 1.54) is 0 Å². The van der Waals surface area contributed by atoms with Gasteiger partial charge < -0.3 is 15.4 Å². The predicted octanol–water partition coefficient (Wildman–Crippen LogP) is 2.19. The largest absolute Gasteiger partial charge is 0.492 e. The summed E-state index contributed by atoms with van der Waals surface area (Å²) in [6, 6.07) is 7.15. The van der Waals surface area contributed by atoms with Crippen molar-refractivity contribution in [3.63, 3.8) is 0 Å². The predicted molar refractivity (Wildman–Crippen MR) is 78.7 cm³/mol. The van der Waals surface area contributed by atoms with Gasteiger partial charge in [0.25, 0.3) is 0 Å². The molecule has 0 bridgehead atoms. The quantitative estimate of drug-likeness (QED) is 0.751. The van der Waals surface area contributed by atoms with Crippen LogP contribution in [0.1, 0.15) is 27.2 Å². The first-order chi connectivity index (χ1) is 9.52. The minimum atomic E-state index is -0.349. The highest BCUT2D eigenvalue weighted by atomic mass is 16.5. The lowest BCUT2D eigenvalue weighted by atomic mass is 10.2. The zero-order chi connectivity index (χ0) is 15.0. The Labute approximate surface area is 119 Å². The van der Waals surface area contributed by atoms with E-state index in [0.29, 0.717) is 30.5 Å². The van der Waals surface area contributed by atoms with Gasteiger partial charge in [-0.05, 0) is 25.0 Å². The third-order valence-corrected chi connectivity index (χ3v) is 2.49. The van der Waals surface area contributed by atoms with Crippen LogP contribution in [-0.4, -0.2) is 25.0 Å². The summed E-state index contributed by atoms with van der Waals surface area (Å²) in [7, 11) is 0. The molecule has 1 aromatic rings. The van der Waals surface area contributed by atoms with E-state index < -0.39 is 0 Å². The van der Waals surface area contributed by atoms with Crippen molar-refractivity contribution >= 4 is 17.5 Å². The van der Waals surface area contributed by atoms with Crippen molar-refractivity contribution < 1.29 is 14.3 Å². The maximum atomic E-state index is 11.8. The zero-order valence-corrected chi connectivity index (χ0v) is 12.2. The van der Waals surface area contributed by atoms with Gasteiger partial charge in [0.15, 0.2) is 0 Å². The number of anilines is 1. The molecule has 0 unspecified atom stereocenters. The number of benzene rings is 1. The van der Waals surface area contributed by atoms with E-state index in [1.807, 2.05) is 26.8 Å². The number of carbonyl (C=O) groups excluding carboxylic acids is 2. The third kappa shape index (κ3) is 5.73. The van der Waals surface area contributed by atoms with Gasteiger partial charge in [-0.3, -0.25) is 9.59 Å². The Hall–Kier alpha value is -2.04. The molecule has 0 atom stereocenters. The maximum absolute atomic E-state index is 11.8. The summed E-state index contributed by atoms with van der Waals surface area (Å²) < 4.78 is 5.41. The lowest BCUT2D eigenvalue weighted by Gasteiger charge is -2.11. The van der Waals surface area contributed by atoms with Crippen LogP contribution in [0.3, 0.4) is 0 Å². The molecule has 0 aliphatic carbocycles. The Morgan fingerprint density at radius 1 is 1.20 bits per heavy atom. The highest BCUT2D eigenvalue weighted by Gasteiger charge is 2.11. The first-order valence-electron chi connectivity index (χ1n) is 6.81. The second-order valence-corrected chi connectivity index (χ2v) is 4.85. The van der Waals surface area contributed by atoms with Gasteiger partial charge in [0.2, 0.25) is 11.8 Å². The Balaban J connectivity index is 2.52. The molecule has 0 saturated heterocycles. The van der Waals surface area contributed by atoms with Gasteiger partial charge in [-0.25, -0.2) is 0 Å². The van der Waals surface area contributed by atoms with E-state index in [4.69, 9.17) is 4.74 Å². The summed E-state index contributed by atoms with van der Waals surface area (Å²) in [6.07, 6.45) is -0.187. The van der Waals surface area contributed by atoms with Crippen LogP contribution in [0, 0.1) is 5.92 Å². The van der Waals surface area contributed by atoms with Crippen LogP contribution < -0.4 is 15.4 Å².